The summed E-state index contributed by atoms with van der Waals surface area (Å²) in [5.41, 5.74) is 3.72. The van der Waals surface area contributed by atoms with E-state index in [0.29, 0.717) is 18.8 Å². The van der Waals surface area contributed by atoms with Gasteiger partial charge in [0.2, 0.25) is 0 Å². The second kappa shape index (κ2) is 6.64. The molecule has 1 aromatic heterocycles. The van der Waals surface area contributed by atoms with E-state index in [1.54, 1.807) is 0 Å². The Hall–Kier alpha value is -2.30. The van der Waals surface area contributed by atoms with Crippen LogP contribution in [-0.2, 0) is 19.4 Å². The van der Waals surface area contributed by atoms with Gasteiger partial charge >= 0.3 is 0 Å². The standard InChI is InChI=1S/C17H21N3O2/c1-2-22-15-10-6-3-7-12(15)11-18-17(21)16-13-8-4-5-9-14(13)19-20-16/h3,6-7,10H,2,4-5,8-9,11H2,1H3,(H,18,21)(H,19,20). The molecule has 3 rings (SSSR count). The van der Waals surface area contributed by atoms with Crippen molar-refractivity contribution < 1.29 is 9.53 Å². The van der Waals surface area contributed by atoms with Gasteiger partial charge in [-0.1, -0.05) is 18.2 Å². The van der Waals surface area contributed by atoms with Gasteiger partial charge in [0.1, 0.15) is 5.75 Å². The lowest BCUT2D eigenvalue weighted by Crippen LogP contribution is -2.25. The maximum Gasteiger partial charge on any atom is 0.272 e. The van der Waals surface area contributed by atoms with Gasteiger partial charge in [0, 0.05) is 23.4 Å². The van der Waals surface area contributed by atoms with Crippen LogP contribution in [0.4, 0.5) is 0 Å². The fourth-order valence-corrected chi connectivity index (χ4v) is 2.87. The Morgan fingerprint density at radius 3 is 3.00 bits per heavy atom. The Labute approximate surface area is 130 Å². The first kappa shape index (κ1) is 14.6. The van der Waals surface area contributed by atoms with E-state index in [4.69, 9.17) is 4.74 Å². The summed E-state index contributed by atoms with van der Waals surface area (Å²) in [5, 5.41) is 10.2. The molecule has 0 saturated heterocycles. The molecule has 5 heteroatoms. The number of ether oxygens (including phenoxy) is 1. The number of nitrogens with one attached hydrogen (secondary N) is 2. The van der Waals surface area contributed by atoms with Crippen molar-refractivity contribution in [3.05, 3.63) is 46.8 Å². The van der Waals surface area contributed by atoms with Gasteiger partial charge in [0.05, 0.1) is 6.61 Å². The van der Waals surface area contributed by atoms with Crippen LogP contribution in [0.15, 0.2) is 24.3 Å². The summed E-state index contributed by atoms with van der Waals surface area (Å²) in [6.45, 7) is 3.00. The highest BCUT2D eigenvalue weighted by molar-refractivity contribution is 5.94. The van der Waals surface area contributed by atoms with E-state index in [0.717, 1.165) is 48.3 Å². The first-order chi connectivity index (χ1) is 10.8. The number of carbonyl (C=O) groups excluding carboxylic acids is 1. The van der Waals surface area contributed by atoms with Crippen LogP contribution < -0.4 is 10.1 Å². The van der Waals surface area contributed by atoms with Crippen LogP contribution in [0.5, 0.6) is 5.75 Å². The second-order valence-corrected chi connectivity index (χ2v) is 5.46. The lowest BCUT2D eigenvalue weighted by molar-refractivity contribution is 0.0944. The number of para-hydroxylation sites is 1. The third kappa shape index (κ3) is 2.98. The minimum atomic E-state index is -0.120. The van der Waals surface area contributed by atoms with Crippen LogP contribution in [-0.4, -0.2) is 22.7 Å². The summed E-state index contributed by atoms with van der Waals surface area (Å²) in [7, 11) is 0. The van der Waals surface area contributed by atoms with E-state index in [2.05, 4.69) is 15.5 Å². The van der Waals surface area contributed by atoms with Crippen molar-refractivity contribution in [2.75, 3.05) is 6.61 Å². The summed E-state index contributed by atoms with van der Waals surface area (Å²) >= 11 is 0. The fraction of sp³-hybridized carbons (Fsp3) is 0.412. The molecule has 1 heterocycles. The molecule has 0 fully saturated rings. The number of nitrogens with zero attached hydrogens (tertiary/aromatic N) is 1. The van der Waals surface area contributed by atoms with Crippen molar-refractivity contribution in [1.29, 1.82) is 0 Å². The smallest absolute Gasteiger partial charge is 0.272 e. The molecular weight excluding hydrogens is 278 g/mol. The minimum absolute atomic E-state index is 0.120. The number of hydrogen-bond acceptors (Lipinski definition) is 3. The zero-order chi connectivity index (χ0) is 15.4. The number of rotatable bonds is 5. The van der Waals surface area contributed by atoms with E-state index in [9.17, 15) is 4.79 Å². The molecule has 5 nitrogen and oxygen atoms in total. The van der Waals surface area contributed by atoms with E-state index in [1.165, 1.54) is 0 Å². The molecule has 1 amide bonds. The fourth-order valence-electron chi connectivity index (χ4n) is 2.87. The lowest BCUT2D eigenvalue weighted by atomic mass is 9.96. The molecule has 0 radical (unpaired) electrons. The van der Waals surface area contributed by atoms with Gasteiger partial charge in [-0.25, -0.2) is 0 Å². The molecule has 1 aromatic carbocycles. The molecule has 116 valence electrons. The Morgan fingerprint density at radius 1 is 1.32 bits per heavy atom. The zero-order valence-electron chi connectivity index (χ0n) is 12.8. The predicted octanol–water partition coefficient (Wildman–Crippen LogP) is 2.62. The van der Waals surface area contributed by atoms with Crippen LogP contribution in [0.25, 0.3) is 0 Å². The molecule has 0 bridgehead atoms. The van der Waals surface area contributed by atoms with Crippen LogP contribution in [0.1, 0.15) is 47.1 Å². The van der Waals surface area contributed by atoms with Crippen molar-refractivity contribution in [2.45, 2.75) is 39.2 Å². The van der Waals surface area contributed by atoms with Gasteiger partial charge in [0.15, 0.2) is 5.69 Å². The maximum atomic E-state index is 12.4. The number of carbonyl (C=O) groups is 1. The second-order valence-electron chi connectivity index (χ2n) is 5.46. The first-order valence-corrected chi connectivity index (χ1v) is 7.84. The van der Waals surface area contributed by atoms with Crippen molar-refractivity contribution in [1.82, 2.24) is 15.5 Å². The van der Waals surface area contributed by atoms with Gasteiger partial charge < -0.3 is 10.1 Å². The van der Waals surface area contributed by atoms with E-state index in [1.807, 2.05) is 31.2 Å². The Bertz CT molecular complexity index is 664. The monoisotopic (exact) mass is 299 g/mol. The van der Waals surface area contributed by atoms with Gasteiger partial charge in [-0.05, 0) is 38.7 Å². The van der Waals surface area contributed by atoms with Crippen LogP contribution in [0, 0.1) is 0 Å². The molecule has 2 aromatic rings. The summed E-state index contributed by atoms with van der Waals surface area (Å²) in [6, 6.07) is 7.76. The highest BCUT2D eigenvalue weighted by Gasteiger charge is 2.21. The number of aromatic amines is 1. The highest BCUT2D eigenvalue weighted by atomic mass is 16.5. The highest BCUT2D eigenvalue weighted by Crippen LogP contribution is 2.22. The molecule has 0 aliphatic heterocycles. The van der Waals surface area contributed by atoms with Crippen molar-refractivity contribution in [3.63, 3.8) is 0 Å². The van der Waals surface area contributed by atoms with Crippen LogP contribution in [0.2, 0.25) is 0 Å². The van der Waals surface area contributed by atoms with Gasteiger partial charge in [-0.15, -0.1) is 0 Å². The average molecular weight is 299 g/mol. The number of hydrogen-bond donors (Lipinski definition) is 2. The third-order valence-electron chi connectivity index (χ3n) is 3.98. The number of fused-ring (bicyclic) bond motifs is 1. The molecule has 1 aliphatic carbocycles. The number of benzene rings is 1. The first-order valence-electron chi connectivity index (χ1n) is 7.84. The molecule has 0 unspecified atom stereocenters. The SMILES string of the molecule is CCOc1ccccc1CNC(=O)c1n[nH]c2c1CCCC2. The summed E-state index contributed by atoms with van der Waals surface area (Å²) < 4.78 is 5.58. The Balaban J connectivity index is 1.69. The average Bonchev–Trinajstić information content (AvgIpc) is 2.98. The minimum Gasteiger partial charge on any atom is -0.494 e. The molecule has 0 saturated carbocycles. The van der Waals surface area contributed by atoms with Crippen molar-refractivity contribution >= 4 is 5.91 Å². The molecule has 22 heavy (non-hydrogen) atoms. The quantitative estimate of drug-likeness (QED) is 0.892. The molecule has 0 atom stereocenters. The van der Waals surface area contributed by atoms with Gasteiger partial charge in [-0.3, -0.25) is 9.89 Å². The molecular formula is C17H21N3O2. The van der Waals surface area contributed by atoms with Crippen LogP contribution in [0.3, 0.4) is 0 Å². The maximum absolute atomic E-state index is 12.4. The van der Waals surface area contributed by atoms with Gasteiger partial charge in [-0.2, -0.15) is 5.10 Å². The zero-order valence-corrected chi connectivity index (χ0v) is 12.8. The molecule has 0 spiro atoms. The summed E-state index contributed by atoms with van der Waals surface area (Å²) in [4.78, 5) is 12.4. The molecule has 1 aliphatic rings. The number of amides is 1. The topological polar surface area (TPSA) is 67.0 Å². The van der Waals surface area contributed by atoms with Crippen LogP contribution >= 0.6 is 0 Å². The number of aromatic nitrogens is 2. The van der Waals surface area contributed by atoms with E-state index in [-0.39, 0.29) is 5.91 Å². The van der Waals surface area contributed by atoms with E-state index < -0.39 is 0 Å². The largest absolute Gasteiger partial charge is 0.494 e. The van der Waals surface area contributed by atoms with E-state index >= 15 is 0 Å². The normalized spacial score (nSPS) is 13.5. The third-order valence-corrected chi connectivity index (χ3v) is 3.98. The van der Waals surface area contributed by atoms with Gasteiger partial charge in [0.25, 0.3) is 5.91 Å². The lowest BCUT2D eigenvalue weighted by Gasteiger charge is -2.12. The number of H-pyrrole nitrogens is 1. The summed E-state index contributed by atoms with van der Waals surface area (Å²) in [6.07, 6.45) is 4.21. The molecule has 2 N–H and O–H groups in total. The number of aryl methyl sites for hydroxylation is 1. The van der Waals surface area contributed by atoms with Crippen molar-refractivity contribution in [2.24, 2.45) is 0 Å². The Kier molecular flexibility index (Phi) is 4.42. The predicted molar refractivity (Wildman–Crippen MR) is 84.0 cm³/mol. The van der Waals surface area contributed by atoms with Crippen molar-refractivity contribution in [3.8, 4) is 5.75 Å². The Morgan fingerprint density at radius 2 is 2.14 bits per heavy atom. The summed E-state index contributed by atoms with van der Waals surface area (Å²) in [5.74, 6) is 0.694.